The van der Waals surface area contributed by atoms with Gasteiger partial charge in [0.15, 0.2) is 0 Å². The van der Waals surface area contributed by atoms with Gasteiger partial charge in [0.25, 0.3) is 0 Å². The third-order valence-corrected chi connectivity index (χ3v) is 7.68. The standard InChI is InChI=1S/C21H25ClN4O4S/c1-14(20(27)25-8-3-2-4-9-25)26-10-7-18(21(26)28)24-31(29,30)17-6-5-15-12-19(22)23-13-16(15)11-17/h5-6,11-14,18,24H,2-4,7-10H2,1H3. The molecule has 2 amide bonds. The van der Waals surface area contributed by atoms with Crippen molar-refractivity contribution in [2.45, 2.75) is 49.6 Å². The third-order valence-electron chi connectivity index (χ3n) is 6.00. The van der Waals surface area contributed by atoms with Crippen LogP contribution in [0.5, 0.6) is 0 Å². The molecule has 0 aliphatic carbocycles. The van der Waals surface area contributed by atoms with E-state index in [-0.39, 0.29) is 16.7 Å². The van der Waals surface area contributed by atoms with E-state index in [9.17, 15) is 18.0 Å². The number of halogens is 1. The highest BCUT2D eigenvalue weighted by Crippen LogP contribution is 2.23. The minimum atomic E-state index is -3.92. The van der Waals surface area contributed by atoms with E-state index in [2.05, 4.69) is 9.71 Å². The Bertz CT molecular complexity index is 1120. The monoisotopic (exact) mass is 464 g/mol. The molecule has 2 unspecified atom stereocenters. The predicted molar refractivity (Wildman–Crippen MR) is 117 cm³/mol. The van der Waals surface area contributed by atoms with Crippen LogP contribution in [-0.4, -0.2) is 66.7 Å². The topological polar surface area (TPSA) is 99.7 Å². The Hall–Kier alpha value is -2.23. The average Bonchev–Trinajstić information content (AvgIpc) is 3.12. The molecule has 2 fully saturated rings. The van der Waals surface area contributed by atoms with Gasteiger partial charge in [-0.2, -0.15) is 4.72 Å². The van der Waals surface area contributed by atoms with Crippen LogP contribution in [0, 0.1) is 0 Å². The second kappa shape index (κ2) is 8.72. The number of carbonyl (C=O) groups is 2. The van der Waals surface area contributed by atoms with Gasteiger partial charge in [0.1, 0.15) is 17.2 Å². The van der Waals surface area contributed by atoms with E-state index in [0.717, 1.165) is 24.6 Å². The summed E-state index contributed by atoms with van der Waals surface area (Å²) in [6.07, 6.45) is 4.89. The lowest BCUT2D eigenvalue weighted by atomic mass is 10.1. The highest BCUT2D eigenvalue weighted by Gasteiger charge is 2.40. The molecule has 31 heavy (non-hydrogen) atoms. The molecule has 0 spiro atoms. The van der Waals surface area contributed by atoms with Crippen molar-refractivity contribution in [1.29, 1.82) is 0 Å². The lowest BCUT2D eigenvalue weighted by molar-refractivity contribution is -0.143. The predicted octanol–water partition coefficient (Wildman–Crippen LogP) is 2.17. The molecule has 2 atom stereocenters. The fourth-order valence-electron chi connectivity index (χ4n) is 4.22. The number of benzene rings is 1. The van der Waals surface area contributed by atoms with E-state index >= 15 is 0 Å². The molecule has 0 radical (unpaired) electrons. The van der Waals surface area contributed by atoms with Gasteiger partial charge in [-0.15, -0.1) is 0 Å². The molecular formula is C21H25ClN4O4S. The van der Waals surface area contributed by atoms with Gasteiger partial charge in [0.05, 0.1) is 4.90 Å². The SMILES string of the molecule is CC(C(=O)N1CCCCC1)N1CCC(NS(=O)(=O)c2ccc3cc(Cl)ncc3c2)C1=O. The largest absolute Gasteiger partial charge is 0.341 e. The number of hydrogen-bond donors (Lipinski definition) is 1. The summed E-state index contributed by atoms with van der Waals surface area (Å²) < 4.78 is 28.3. The Morgan fingerprint density at radius 2 is 1.90 bits per heavy atom. The average molecular weight is 465 g/mol. The number of fused-ring (bicyclic) bond motifs is 1. The highest BCUT2D eigenvalue weighted by molar-refractivity contribution is 7.89. The molecule has 0 bridgehead atoms. The zero-order valence-electron chi connectivity index (χ0n) is 17.3. The molecule has 1 aromatic carbocycles. The van der Waals surface area contributed by atoms with Gasteiger partial charge in [0.2, 0.25) is 21.8 Å². The van der Waals surface area contributed by atoms with Crippen LogP contribution in [0.2, 0.25) is 5.15 Å². The van der Waals surface area contributed by atoms with E-state index in [0.29, 0.717) is 36.6 Å². The van der Waals surface area contributed by atoms with Crippen molar-refractivity contribution in [3.8, 4) is 0 Å². The maximum Gasteiger partial charge on any atom is 0.245 e. The maximum absolute atomic E-state index is 12.9. The number of rotatable bonds is 5. The molecule has 10 heteroatoms. The van der Waals surface area contributed by atoms with E-state index in [1.807, 2.05) is 0 Å². The molecule has 8 nitrogen and oxygen atoms in total. The van der Waals surface area contributed by atoms with Crippen LogP contribution in [0.1, 0.15) is 32.6 Å². The Morgan fingerprint density at radius 1 is 1.16 bits per heavy atom. The van der Waals surface area contributed by atoms with Crippen molar-refractivity contribution >= 4 is 44.2 Å². The summed E-state index contributed by atoms with van der Waals surface area (Å²) in [7, 11) is -3.92. The van der Waals surface area contributed by atoms with Crippen molar-refractivity contribution in [2.24, 2.45) is 0 Å². The number of piperidine rings is 1. The van der Waals surface area contributed by atoms with Crippen molar-refractivity contribution in [1.82, 2.24) is 19.5 Å². The molecule has 2 saturated heterocycles. The lowest BCUT2D eigenvalue weighted by Crippen LogP contribution is -2.51. The normalized spacial score (nSPS) is 21.0. The van der Waals surface area contributed by atoms with Crippen molar-refractivity contribution in [2.75, 3.05) is 19.6 Å². The Labute approximate surface area is 186 Å². The minimum Gasteiger partial charge on any atom is -0.341 e. The molecule has 2 aromatic rings. The number of amides is 2. The molecule has 166 valence electrons. The van der Waals surface area contributed by atoms with Crippen LogP contribution in [0.25, 0.3) is 10.8 Å². The summed E-state index contributed by atoms with van der Waals surface area (Å²) in [5.41, 5.74) is 0. The van der Waals surface area contributed by atoms with Gasteiger partial charge in [-0.3, -0.25) is 9.59 Å². The highest BCUT2D eigenvalue weighted by atomic mass is 35.5. The summed E-state index contributed by atoms with van der Waals surface area (Å²) in [6, 6.07) is 4.79. The third kappa shape index (κ3) is 4.53. The van der Waals surface area contributed by atoms with Crippen LogP contribution in [0.4, 0.5) is 0 Å². The van der Waals surface area contributed by atoms with Gasteiger partial charge in [-0.25, -0.2) is 13.4 Å². The van der Waals surface area contributed by atoms with Gasteiger partial charge in [0, 0.05) is 31.2 Å². The number of hydrogen-bond acceptors (Lipinski definition) is 5. The smallest absolute Gasteiger partial charge is 0.245 e. The number of aromatic nitrogens is 1. The second-order valence-electron chi connectivity index (χ2n) is 8.07. The Kier molecular flexibility index (Phi) is 6.18. The number of carbonyl (C=O) groups excluding carboxylic acids is 2. The molecule has 4 rings (SSSR count). The van der Waals surface area contributed by atoms with Crippen LogP contribution in [0.3, 0.4) is 0 Å². The van der Waals surface area contributed by atoms with Crippen molar-refractivity contribution < 1.29 is 18.0 Å². The number of nitrogens with one attached hydrogen (secondary N) is 1. The summed E-state index contributed by atoms with van der Waals surface area (Å²) in [5, 5.41) is 1.73. The zero-order valence-corrected chi connectivity index (χ0v) is 18.8. The van der Waals surface area contributed by atoms with Gasteiger partial charge < -0.3 is 9.80 Å². The number of likely N-dealkylation sites (tertiary alicyclic amines) is 2. The lowest BCUT2D eigenvalue weighted by Gasteiger charge is -2.32. The molecular weight excluding hydrogens is 440 g/mol. The van der Waals surface area contributed by atoms with Gasteiger partial charge >= 0.3 is 0 Å². The van der Waals surface area contributed by atoms with Crippen molar-refractivity contribution in [3.05, 3.63) is 35.6 Å². The quantitative estimate of drug-likeness (QED) is 0.683. The van der Waals surface area contributed by atoms with Crippen molar-refractivity contribution in [3.63, 3.8) is 0 Å². The van der Waals surface area contributed by atoms with E-state index in [1.54, 1.807) is 24.0 Å². The summed E-state index contributed by atoms with van der Waals surface area (Å²) in [4.78, 5) is 33.0. The number of sulfonamides is 1. The van der Waals surface area contributed by atoms with Crippen LogP contribution < -0.4 is 4.72 Å². The van der Waals surface area contributed by atoms with E-state index < -0.39 is 22.1 Å². The summed E-state index contributed by atoms with van der Waals surface area (Å²) >= 11 is 5.88. The van der Waals surface area contributed by atoms with E-state index in [1.165, 1.54) is 23.2 Å². The summed E-state index contributed by atoms with van der Waals surface area (Å²) in [5.74, 6) is -0.437. The van der Waals surface area contributed by atoms with E-state index in [4.69, 9.17) is 11.6 Å². The first-order valence-electron chi connectivity index (χ1n) is 10.4. The maximum atomic E-state index is 12.9. The van der Waals surface area contributed by atoms with Crippen LogP contribution >= 0.6 is 11.6 Å². The molecule has 2 aliphatic heterocycles. The molecule has 3 heterocycles. The second-order valence-corrected chi connectivity index (χ2v) is 10.2. The number of nitrogens with zero attached hydrogens (tertiary/aromatic N) is 3. The number of pyridine rings is 1. The zero-order chi connectivity index (χ0) is 22.2. The van der Waals surface area contributed by atoms with Crippen LogP contribution in [0.15, 0.2) is 35.4 Å². The van der Waals surface area contributed by atoms with Gasteiger partial charge in [-0.1, -0.05) is 17.7 Å². The molecule has 1 N–H and O–H groups in total. The van der Waals surface area contributed by atoms with Crippen LogP contribution in [-0.2, 0) is 19.6 Å². The molecule has 2 aliphatic rings. The first-order chi connectivity index (χ1) is 14.8. The molecule has 0 saturated carbocycles. The first-order valence-corrected chi connectivity index (χ1v) is 12.3. The Morgan fingerprint density at radius 3 is 2.65 bits per heavy atom. The van der Waals surface area contributed by atoms with Gasteiger partial charge in [-0.05, 0) is 56.2 Å². The fraction of sp³-hybridized carbons (Fsp3) is 0.476. The molecule has 1 aromatic heterocycles. The Balaban J connectivity index is 1.46. The minimum absolute atomic E-state index is 0.0489. The fourth-order valence-corrected chi connectivity index (χ4v) is 5.65. The summed E-state index contributed by atoms with van der Waals surface area (Å²) in [6.45, 7) is 3.48. The first kappa shape index (κ1) is 22.0.